The molecule has 1 atom stereocenters. The number of nitrogens with two attached hydrogens (primary N) is 1. The summed E-state index contributed by atoms with van der Waals surface area (Å²) in [5.74, 6) is -0.501. The van der Waals surface area contributed by atoms with Crippen LogP contribution in [0, 0.1) is 0 Å². The number of aromatic nitrogens is 2. The number of likely N-dealkylation sites (tertiary alicyclic amines) is 1. The van der Waals surface area contributed by atoms with Gasteiger partial charge in [-0.1, -0.05) is 0 Å². The normalized spacial score (nSPS) is 19.0. The van der Waals surface area contributed by atoms with Crippen molar-refractivity contribution < 1.29 is 14.3 Å². The molecule has 2 N–H and O–H groups in total. The van der Waals surface area contributed by atoms with Crippen LogP contribution in [0.3, 0.4) is 0 Å². The van der Waals surface area contributed by atoms with Gasteiger partial charge in [-0.2, -0.15) is 5.10 Å². The molecule has 7 nitrogen and oxygen atoms in total. The largest absolute Gasteiger partial charge is 0.444 e. The zero-order valence-electron chi connectivity index (χ0n) is 13.4. The smallest absolute Gasteiger partial charge is 0.410 e. The van der Waals surface area contributed by atoms with Crippen molar-refractivity contribution in [3.63, 3.8) is 0 Å². The van der Waals surface area contributed by atoms with Crippen molar-refractivity contribution in [1.29, 1.82) is 0 Å². The average Bonchev–Trinajstić information content (AvgIpc) is 2.86. The minimum absolute atomic E-state index is 0.0178. The summed E-state index contributed by atoms with van der Waals surface area (Å²) in [7, 11) is 0. The molecule has 0 bridgehead atoms. The zero-order valence-corrected chi connectivity index (χ0v) is 13.4. The lowest BCUT2D eigenvalue weighted by atomic mass is 10.0. The van der Waals surface area contributed by atoms with Crippen molar-refractivity contribution in [3.05, 3.63) is 18.0 Å². The molecular weight excluding hydrogens is 284 g/mol. The molecule has 0 spiro atoms. The van der Waals surface area contributed by atoms with E-state index in [4.69, 9.17) is 10.5 Å². The Labute approximate surface area is 130 Å². The van der Waals surface area contributed by atoms with Crippen molar-refractivity contribution >= 4 is 12.0 Å². The number of amides is 2. The fraction of sp³-hybridized carbons (Fsp3) is 0.667. The van der Waals surface area contributed by atoms with E-state index in [1.807, 2.05) is 20.8 Å². The third-order valence-corrected chi connectivity index (χ3v) is 3.57. The first kappa shape index (κ1) is 16.3. The SMILES string of the molecule is CC(C)(C)OC(=O)N1CCCCC1Cn1cc(C(N)=O)cn1. The Hall–Kier alpha value is -2.05. The molecule has 1 aromatic rings. The van der Waals surface area contributed by atoms with Gasteiger partial charge in [0.15, 0.2) is 0 Å². The molecular formula is C15H24N4O3. The van der Waals surface area contributed by atoms with Gasteiger partial charge >= 0.3 is 6.09 Å². The molecule has 1 aromatic heterocycles. The Bertz CT molecular complexity index is 547. The summed E-state index contributed by atoms with van der Waals surface area (Å²) in [5, 5.41) is 4.14. The van der Waals surface area contributed by atoms with Crippen LogP contribution >= 0.6 is 0 Å². The third kappa shape index (κ3) is 4.22. The maximum Gasteiger partial charge on any atom is 0.410 e. The van der Waals surface area contributed by atoms with Gasteiger partial charge in [-0.3, -0.25) is 9.48 Å². The quantitative estimate of drug-likeness (QED) is 0.921. The maximum atomic E-state index is 12.3. The van der Waals surface area contributed by atoms with Crippen LogP contribution in [-0.2, 0) is 11.3 Å². The molecule has 0 radical (unpaired) electrons. The van der Waals surface area contributed by atoms with Crippen molar-refractivity contribution in [2.24, 2.45) is 5.73 Å². The fourth-order valence-corrected chi connectivity index (χ4v) is 2.56. The van der Waals surface area contributed by atoms with Gasteiger partial charge in [-0.05, 0) is 40.0 Å². The highest BCUT2D eigenvalue weighted by atomic mass is 16.6. The van der Waals surface area contributed by atoms with Crippen molar-refractivity contribution in [3.8, 4) is 0 Å². The zero-order chi connectivity index (χ0) is 16.3. The van der Waals surface area contributed by atoms with E-state index in [-0.39, 0.29) is 12.1 Å². The fourth-order valence-electron chi connectivity index (χ4n) is 2.56. The Balaban J connectivity index is 2.05. The molecule has 122 valence electrons. The molecule has 1 aliphatic heterocycles. The van der Waals surface area contributed by atoms with Crippen LogP contribution in [0.1, 0.15) is 50.4 Å². The topological polar surface area (TPSA) is 90.5 Å². The molecule has 0 aliphatic carbocycles. The van der Waals surface area contributed by atoms with E-state index in [1.165, 1.54) is 6.20 Å². The first-order valence-electron chi connectivity index (χ1n) is 7.58. The number of primary amides is 1. The molecule has 1 saturated heterocycles. The first-order valence-corrected chi connectivity index (χ1v) is 7.58. The van der Waals surface area contributed by atoms with Gasteiger partial charge in [-0.25, -0.2) is 4.79 Å². The number of ether oxygens (including phenoxy) is 1. The van der Waals surface area contributed by atoms with Crippen LogP contribution in [0.5, 0.6) is 0 Å². The molecule has 1 unspecified atom stereocenters. The lowest BCUT2D eigenvalue weighted by Crippen LogP contribution is -2.47. The van der Waals surface area contributed by atoms with Gasteiger partial charge < -0.3 is 15.4 Å². The van der Waals surface area contributed by atoms with Crippen molar-refractivity contribution in [2.75, 3.05) is 6.54 Å². The summed E-state index contributed by atoms with van der Waals surface area (Å²) in [6, 6.07) is 0.0178. The molecule has 0 saturated carbocycles. The molecule has 22 heavy (non-hydrogen) atoms. The van der Waals surface area contributed by atoms with Crippen LogP contribution in [0.2, 0.25) is 0 Å². The molecule has 1 aliphatic rings. The molecule has 2 rings (SSSR count). The highest BCUT2D eigenvalue weighted by Crippen LogP contribution is 2.21. The molecule has 2 heterocycles. The summed E-state index contributed by atoms with van der Waals surface area (Å²) in [4.78, 5) is 25.2. The molecule has 2 amide bonds. The number of carbonyl (C=O) groups is 2. The van der Waals surface area contributed by atoms with Crippen LogP contribution in [0.4, 0.5) is 4.79 Å². The van der Waals surface area contributed by atoms with E-state index in [1.54, 1.807) is 15.8 Å². The summed E-state index contributed by atoms with van der Waals surface area (Å²) < 4.78 is 7.13. The summed E-state index contributed by atoms with van der Waals surface area (Å²) >= 11 is 0. The van der Waals surface area contributed by atoms with Gasteiger partial charge in [0.25, 0.3) is 5.91 Å². The minimum Gasteiger partial charge on any atom is -0.444 e. The van der Waals surface area contributed by atoms with E-state index in [0.717, 1.165) is 19.3 Å². The second kappa shape index (κ2) is 6.37. The van der Waals surface area contributed by atoms with Gasteiger partial charge in [0.2, 0.25) is 0 Å². The molecule has 7 heteroatoms. The number of piperidine rings is 1. The predicted octanol–water partition coefficient (Wildman–Crippen LogP) is 1.77. The Morgan fingerprint density at radius 1 is 1.41 bits per heavy atom. The van der Waals surface area contributed by atoms with E-state index in [0.29, 0.717) is 18.7 Å². The molecule has 0 aromatic carbocycles. The van der Waals surface area contributed by atoms with E-state index in [9.17, 15) is 9.59 Å². The van der Waals surface area contributed by atoms with Gasteiger partial charge in [0.05, 0.1) is 24.3 Å². The highest BCUT2D eigenvalue weighted by Gasteiger charge is 2.30. The number of hydrogen-bond donors (Lipinski definition) is 1. The standard InChI is InChI=1S/C15H24N4O3/c1-15(2,3)22-14(21)19-7-5-4-6-12(19)10-18-9-11(8-17-18)13(16)20/h8-9,12H,4-7,10H2,1-3H3,(H2,16,20). The monoisotopic (exact) mass is 308 g/mol. The Kier molecular flexibility index (Phi) is 4.73. The molecule has 1 fully saturated rings. The first-order chi connectivity index (χ1) is 10.3. The maximum absolute atomic E-state index is 12.3. The number of rotatable bonds is 3. The second-order valence-electron chi connectivity index (χ2n) is 6.64. The van der Waals surface area contributed by atoms with Crippen LogP contribution in [0.25, 0.3) is 0 Å². The Morgan fingerprint density at radius 3 is 2.73 bits per heavy atom. The third-order valence-electron chi connectivity index (χ3n) is 3.57. The second-order valence-corrected chi connectivity index (χ2v) is 6.64. The van der Waals surface area contributed by atoms with Crippen LogP contribution in [0.15, 0.2) is 12.4 Å². The summed E-state index contributed by atoms with van der Waals surface area (Å²) in [6.07, 6.45) is 5.70. The van der Waals surface area contributed by atoms with Crippen LogP contribution in [-0.4, -0.2) is 44.9 Å². The summed E-state index contributed by atoms with van der Waals surface area (Å²) in [5.41, 5.74) is 5.09. The summed E-state index contributed by atoms with van der Waals surface area (Å²) in [6.45, 7) is 6.79. The van der Waals surface area contributed by atoms with E-state index < -0.39 is 11.5 Å². The number of carbonyl (C=O) groups excluding carboxylic acids is 2. The van der Waals surface area contributed by atoms with Crippen LogP contribution < -0.4 is 5.73 Å². The van der Waals surface area contributed by atoms with E-state index in [2.05, 4.69) is 5.10 Å². The minimum atomic E-state index is -0.510. The Morgan fingerprint density at radius 2 is 2.14 bits per heavy atom. The van der Waals surface area contributed by atoms with Gasteiger partial charge in [0, 0.05) is 12.7 Å². The lowest BCUT2D eigenvalue weighted by molar-refractivity contribution is 0.00738. The number of nitrogens with zero attached hydrogens (tertiary/aromatic N) is 3. The van der Waals surface area contributed by atoms with E-state index >= 15 is 0 Å². The predicted molar refractivity (Wildman–Crippen MR) is 81.3 cm³/mol. The van der Waals surface area contributed by atoms with Crippen molar-refractivity contribution in [1.82, 2.24) is 14.7 Å². The average molecular weight is 308 g/mol. The van der Waals surface area contributed by atoms with Gasteiger partial charge in [-0.15, -0.1) is 0 Å². The van der Waals surface area contributed by atoms with Gasteiger partial charge in [0.1, 0.15) is 5.60 Å². The highest BCUT2D eigenvalue weighted by molar-refractivity contribution is 5.92. The lowest BCUT2D eigenvalue weighted by Gasteiger charge is -2.36. The van der Waals surface area contributed by atoms with Crippen molar-refractivity contribution in [2.45, 2.75) is 58.2 Å². The number of hydrogen-bond acceptors (Lipinski definition) is 4.